The molecule has 1 aliphatic heterocycles. The molecule has 0 unspecified atom stereocenters. The van der Waals surface area contributed by atoms with E-state index in [4.69, 9.17) is 11.1 Å². The third-order valence-corrected chi connectivity index (χ3v) is 4.10. The van der Waals surface area contributed by atoms with Gasteiger partial charge in [0.1, 0.15) is 23.3 Å². The van der Waals surface area contributed by atoms with Crippen LogP contribution >= 0.6 is 0 Å². The summed E-state index contributed by atoms with van der Waals surface area (Å²) in [6, 6.07) is 9.73. The molecule has 1 atom stereocenters. The Hall–Kier alpha value is -3.68. The van der Waals surface area contributed by atoms with Crippen molar-refractivity contribution >= 4 is 23.2 Å². The van der Waals surface area contributed by atoms with E-state index in [-0.39, 0.29) is 17.6 Å². The molecular weight excluding hydrogens is 357 g/mol. The third kappa shape index (κ3) is 4.94. The highest BCUT2D eigenvalue weighted by molar-refractivity contribution is 6.08. The van der Waals surface area contributed by atoms with E-state index in [0.717, 1.165) is 5.56 Å². The van der Waals surface area contributed by atoms with Crippen LogP contribution in [0.4, 0.5) is 16.0 Å². The molecule has 2 aromatic rings. The van der Waals surface area contributed by atoms with Crippen molar-refractivity contribution in [3.63, 3.8) is 0 Å². The number of amidine groups is 1. The smallest absolute Gasteiger partial charge is 0.134 e. The number of nitrogens with one attached hydrogen (secondary N) is 4. The predicted molar refractivity (Wildman–Crippen MR) is 111 cm³/mol. The highest BCUT2D eigenvalue weighted by Gasteiger charge is 2.11. The number of hydrogen-bond acceptors (Lipinski definition) is 7. The Morgan fingerprint density at radius 3 is 2.71 bits per heavy atom. The fourth-order valence-electron chi connectivity index (χ4n) is 2.68. The standard InChI is InChI=1S/C20H22FN7/c1-13(14-2-4-16(21)5-3-14)26-18-10-15(17(23)6-7-22)11-19(27-18)28-20-12-24-8-9-25-20/h2-11,13,23-24H,12,22H2,1H3,(H2,25,26,27,28)/b7-6-,23-17?/t13-/m0/s1. The summed E-state index contributed by atoms with van der Waals surface area (Å²) in [5.41, 5.74) is 7.25. The minimum atomic E-state index is -0.277. The van der Waals surface area contributed by atoms with Crippen LogP contribution in [0.3, 0.4) is 0 Å². The Kier molecular flexibility index (Phi) is 6.01. The minimum Gasteiger partial charge on any atom is -0.405 e. The second kappa shape index (κ2) is 8.81. The number of anilines is 2. The fraction of sp³-hybridized carbons (Fsp3) is 0.150. The fourth-order valence-corrected chi connectivity index (χ4v) is 2.68. The number of rotatable bonds is 6. The van der Waals surface area contributed by atoms with Crippen molar-refractivity contribution in [2.45, 2.75) is 13.0 Å². The molecule has 0 bridgehead atoms. The Morgan fingerprint density at radius 1 is 1.29 bits per heavy atom. The van der Waals surface area contributed by atoms with Gasteiger partial charge >= 0.3 is 0 Å². The van der Waals surface area contributed by atoms with Crippen LogP contribution in [-0.2, 0) is 0 Å². The van der Waals surface area contributed by atoms with Gasteiger partial charge in [0.2, 0.25) is 0 Å². The normalized spacial score (nSPS) is 14.3. The van der Waals surface area contributed by atoms with Crippen molar-refractivity contribution in [1.82, 2.24) is 10.3 Å². The molecule has 0 saturated heterocycles. The molecule has 0 aliphatic carbocycles. The minimum absolute atomic E-state index is 0.105. The monoisotopic (exact) mass is 379 g/mol. The Labute approximate surface area is 162 Å². The van der Waals surface area contributed by atoms with Crippen molar-refractivity contribution in [3.8, 4) is 0 Å². The third-order valence-electron chi connectivity index (χ3n) is 4.10. The molecule has 1 aromatic heterocycles. The van der Waals surface area contributed by atoms with Gasteiger partial charge < -0.3 is 27.1 Å². The molecule has 144 valence electrons. The zero-order valence-electron chi connectivity index (χ0n) is 15.4. The van der Waals surface area contributed by atoms with Gasteiger partial charge in [0, 0.05) is 24.0 Å². The van der Waals surface area contributed by atoms with E-state index in [9.17, 15) is 4.39 Å². The summed E-state index contributed by atoms with van der Waals surface area (Å²) >= 11 is 0. The van der Waals surface area contributed by atoms with Gasteiger partial charge in [0.25, 0.3) is 0 Å². The summed E-state index contributed by atoms with van der Waals surface area (Å²) in [4.78, 5) is 8.83. The van der Waals surface area contributed by atoms with E-state index in [1.54, 1.807) is 36.7 Å². The average molecular weight is 379 g/mol. The first kappa shape index (κ1) is 19.1. The lowest BCUT2D eigenvalue weighted by molar-refractivity contribution is 0.626. The number of halogens is 1. The molecule has 6 N–H and O–H groups in total. The molecule has 0 spiro atoms. The summed E-state index contributed by atoms with van der Waals surface area (Å²) in [7, 11) is 0. The molecule has 7 nitrogen and oxygen atoms in total. The number of pyridine rings is 1. The SMILES string of the molecule is C[C@H](Nc1cc(C(=N)/C=C\N)cc(NC2=NC=CNC2)n1)c1ccc(F)cc1. The van der Waals surface area contributed by atoms with Gasteiger partial charge in [-0.1, -0.05) is 12.1 Å². The highest BCUT2D eigenvalue weighted by Crippen LogP contribution is 2.22. The number of nitrogens with zero attached hydrogens (tertiary/aromatic N) is 2. The van der Waals surface area contributed by atoms with Crippen molar-refractivity contribution in [2.24, 2.45) is 10.7 Å². The van der Waals surface area contributed by atoms with Crippen molar-refractivity contribution in [1.29, 1.82) is 5.41 Å². The van der Waals surface area contributed by atoms with Gasteiger partial charge in [-0.3, -0.25) is 0 Å². The summed E-state index contributed by atoms with van der Waals surface area (Å²) in [5, 5.41) is 17.7. The van der Waals surface area contributed by atoms with Crippen LogP contribution in [0.5, 0.6) is 0 Å². The van der Waals surface area contributed by atoms with Crippen LogP contribution in [0.1, 0.15) is 24.1 Å². The molecule has 1 aromatic carbocycles. The van der Waals surface area contributed by atoms with Gasteiger partial charge in [-0.15, -0.1) is 0 Å². The molecular formula is C20H22FN7. The highest BCUT2D eigenvalue weighted by atomic mass is 19.1. The number of benzene rings is 1. The summed E-state index contributed by atoms with van der Waals surface area (Å²) < 4.78 is 13.2. The van der Waals surface area contributed by atoms with E-state index < -0.39 is 0 Å². The lowest BCUT2D eigenvalue weighted by atomic mass is 10.1. The predicted octanol–water partition coefficient (Wildman–Crippen LogP) is 3.12. The van der Waals surface area contributed by atoms with E-state index in [1.807, 2.05) is 6.92 Å². The number of nitrogens with two attached hydrogens (primary N) is 1. The van der Waals surface area contributed by atoms with E-state index >= 15 is 0 Å². The Balaban J connectivity index is 1.87. The van der Waals surface area contributed by atoms with Gasteiger partial charge in [0.15, 0.2) is 0 Å². The van der Waals surface area contributed by atoms with Crippen molar-refractivity contribution < 1.29 is 4.39 Å². The lowest BCUT2D eigenvalue weighted by Gasteiger charge is -2.18. The average Bonchev–Trinajstić information content (AvgIpc) is 2.69. The van der Waals surface area contributed by atoms with Crippen LogP contribution in [0.2, 0.25) is 0 Å². The number of aromatic nitrogens is 1. The Morgan fingerprint density at radius 2 is 2.04 bits per heavy atom. The van der Waals surface area contributed by atoms with E-state index in [2.05, 4.69) is 25.9 Å². The zero-order chi connectivity index (χ0) is 19.9. The van der Waals surface area contributed by atoms with Gasteiger partial charge in [-0.05, 0) is 49.0 Å². The molecule has 1 aliphatic rings. The molecule has 28 heavy (non-hydrogen) atoms. The number of hydrogen-bond donors (Lipinski definition) is 5. The first-order valence-electron chi connectivity index (χ1n) is 8.78. The van der Waals surface area contributed by atoms with Crippen LogP contribution in [0.15, 0.2) is 66.1 Å². The Bertz CT molecular complexity index is 932. The van der Waals surface area contributed by atoms with Gasteiger partial charge in [-0.25, -0.2) is 14.4 Å². The zero-order valence-corrected chi connectivity index (χ0v) is 15.4. The van der Waals surface area contributed by atoms with Gasteiger partial charge in [-0.2, -0.15) is 0 Å². The maximum absolute atomic E-state index is 13.2. The first-order valence-corrected chi connectivity index (χ1v) is 8.78. The summed E-state index contributed by atoms with van der Waals surface area (Å²) in [6.07, 6.45) is 6.25. The molecule has 0 radical (unpaired) electrons. The van der Waals surface area contributed by atoms with Gasteiger partial charge in [0.05, 0.1) is 12.3 Å². The lowest BCUT2D eigenvalue weighted by Crippen LogP contribution is -2.27. The second-order valence-corrected chi connectivity index (χ2v) is 6.21. The molecule has 8 heteroatoms. The summed E-state index contributed by atoms with van der Waals surface area (Å²) in [5.74, 6) is 1.57. The maximum Gasteiger partial charge on any atom is 0.134 e. The quantitative estimate of drug-likeness (QED) is 0.495. The van der Waals surface area contributed by atoms with Crippen LogP contribution in [-0.4, -0.2) is 23.1 Å². The maximum atomic E-state index is 13.2. The van der Waals surface area contributed by atoms with Crippen LogP contribution in [0, 0.1) is 11.2 Å². The van der Waals surface area contributed by atoms with E-state index in [1.165, 1.54) is 24.4 Å². The van der Waals surface area contributed by atoms with E-state index in [0.29, 0.717) is 29.6 Å². The first-order chi connectivity index (χ1) is 13.5. The van der Waals surface area contributed by atoms with Crippen molar-refractivity contribution in [2.75, 3.05) is 17.2 Å². The molecule has 3 rings (SSSR count). The largest absolute Gasteiger partial charge is 0.405 e. The topological polar surface area (TPSA) is 111 Å². The number of allylic oxidation sites excluding steroid dienone is 1. The van der Waals surface area contributed by atoms with Crippen molar-refractivity contribution in [3.05, 3.63) is 78.0 Å². The molecule has 0 saturated carbocycles. The number of aliphatic imine (C=N–C) groups is 1. The summed E-state index contributed by atoms with van der Waals surface area (Å²) in [6.45, 7) is 2.51. The molecule has 0 fully saturated rings. The van der Waals surface area contributed by atoms with Crippen LogP contribution < -0.4 is 21.7 Å². The van der Waals surface area contributed by atoms with Crippen LogP contribution in [0.25, 0.3) is 0 Å². The molecule has 0 amide bonds. The molecule has 2 heterocycles. The second-order valence-electron chi connectivity index (χ2n) is 6.21.